The first-order valence-electron chi connectivity index (χ1n) is 7.80. The van der Waals surface area contributed by atoms with Gasteiger partial charge < -0.3 is 14.8 Å². The third-order valence-corrected chi connectivity index (χ3v) is 5.68. The van der Waals surface area contributed by atoms with Crippen LogP contribution in [0.4, 0.5) is 5.82 Å². The van der Waals surface area contributed by atoms with Gasteiger partial charge in [0.2, 0.25) is 12.7 Å². The number of hydrogen-bond donors (Lipinski definition) is 2. The predicted molar refractivity (Wildman–Crippen MR) is 95.9 cm³/mol. The minimum absolute atomic E-state index is 0.000780. The smallest absolute Gasteiger partial charge is 0.270 e. The Morgan fingerprint density at radius 3 is 2.88 bits per heavy atom. The van der Waals surface area contributed by atoms with Crippen LogP contribution in [-0.4, -0.2) is 28.2 Å². The van der Waals surface area contributed by atoms with E-state index in [0.29, 0.717) is 27.9 Å². The van der Waals surface area contributed by atoms with E-state index in [0.717, 1.165) is 5.56 Å². The van der Waals surface area contributed by atoms with Gasteiger partial charge in [0.05, 0.1) is 21.6 Å². The first-order valence-corrected chi connectivity index (χ1v) is 9.23. The summed E-state index contributed by atoms with van der Waals surface area (Å²) in [5.74, 6) is 1.66. The summed E-state index contributed by atoms with van der Waals surface area (Å²) in [7, 11) is 0. The number of aromatic nitrogens is 2. The summed E-state index contributed by atoms with van der Waals surface area (Å²) in [6.45, 7) is 3.99. The van der Waals surface area contributed by atoms with Crippen LogP contribution in [-0.2, 0) is 4.79 Å². The first kappa shape index (κ1) is 16.4. The molecule has 3 heterocycles. The average Bonchev–Trinajstić information content (AvgIpc) is 3.09. The van der Waals surface area contributed by atoms with E-state index in [1.807, 2.05) is 19.9 Å². The molecule has 0 fully saturated rings. The van der Waals surface area contributed by atoms with Gasteiger partial charge in [0.25, 0.3) is 5.56 Å². The van der Waals surface area contributed by atoms with Crippen LogP contribution < -0.4 is 20.3 Å². The van der Waals surface area contributed by atoms with E-state index in [9.17, 15) is 9.59 Å². The van der Waals surface area contributed by atoms with Crippen LogP contribution in [0.15, 0.2) is 16.9 Å². The summed E-state index contributed by atoms with van der Waals surface area (Å²) in [5, 5.41) is 5.74. The van der Waals surface area contributed by atoms with Crippen molar-refractivity contribution in [1.82, 2.24) is 9.78 Å². The van der Waals surface area contributed by atoms with E-state index in [2.05, 4.69) is 10.4 Å². The van der Waals surface area contributed by atoms with Gasteiger partial charge in [-0.2, -0.15) is 0 Å². The lowest BCUT2D eigenvalue weighted by molar-refractivity contribution is -0.113. The number of amides is 1. The van der Waals surface area contributed by atoms with Crippen LogP contribution in [0, 0.1) is 0 Å². The lowest BCUT2D eigenvalue weighted by Gasteiger charge is -2.16. The summed E-state index contributed by atoms with van der Waals surface area (Å²) in [4.78, 5) is 24.7. The maximum absolute atomic E-state index is 12.6. The molecule has 0 aliphatic carbocycles. The van der Waals surface area contributed by atoms with Gasteiger partial charge in [0.15, 0.2) is 11.5 Å². The molecule has 1 aromatic carbocycles. The molecule has 0 radical (unpaired) electrons. The van der Waals surface area contributed by atoms with Crippen LogP contribution in [0.1, 0.15) is 36.3 Å². The van der Waals surface area contributed by atoms with Crippen molar-refractivity contribution in [3.05, 3.63) is 38.6 Å². The molecule has 1 amide bonds. The molecule has 9 heteroatoms. The molecule has 1 atom stereocenters. The van der Waals surface area contributed by atoms with Crippen LogP contribution in [0.3, 0.4) is 0 Å². The fourth-order valence-corrected chi connectivity index (χ4v) is 4.41. The normalized spacial score (nSPS) is 18.9. The Labute approximate surface area is 152 Å². The highest BCUT2D eigenvalue weighted by atomic mass is 35.5. The number of nitrogens with zero attached hydrogens (tertiary/aromatic N) is 1. The van der Waals surface area contributed by atoms with Gasteiger partial charge in [-0.15, -0.1) is 11.8 Å². The van der Waals surface area contributed by atoms with Gasteiger partial charge in [-0.3, -0.25) is 19.4 Å². The molecular formula is C16H16ClN3O4S. The highest BCUT2D eigenvalue weighted by Gasteiger charge is 2.32. The van der Waals surface area contributed by atoms with Crippen LogP contribution in [0.5, 0.6) is 11.5 Å². The molecule has 2 aromatic rings. The van der Waals surface area contributed by atoms with Gasteiger partial charge >= 0.3 is 0 Å². The van der Waals surface area contributed by atoms with Gasteiger partial charge in [-0.1, -0.05) is 11.6 Å². The standard InChI is InChI=1S/C16H16ClN3O4S/c1-7(2)20-15-12(16(22)19-20)14(25-5-11(21)18-15)8-3-9(17)13-10(4-8)23-6-24-13/h3-4,7,14H,5-6H2,1-2H3,(H,18,21)(H,19,22)/t14-/m0/s1. The fourth-order valence-electron chi connectivity index (χ4n) is 3.03. The molecule has 2 aliphatic heterocycles. The zero-order valence-electron chi connectivity index (χ0n) is 13.6. The van der Waals surface area contributed by atoms with Crippen molar-refractivity contribution in [3.63, 3.8) is 0 Å². The van der Waals surface area contributed by atoms with E-state index in [4.69, 9.17) is 21.1 Å². The zero-order chi connectivity index (χ0) is 17.7. The molecule has 0 bridgehead atoms. The number of carbonyl (C=O) groups excluding carboxylic acids is 1. The molecule has 0 saturated heterocycles. The molecular weight excluding hydrogens is 366 g/mol. The first-order chi connectivity index (χ1) is 12.0. The lowest BCUT2D eigenvalue weighted by atomic mass is 10.1. The number of anilines is 1. The number of halogens is 1. The number of rotatable bonds is 2. The third-order valence-electron chi connectivity index (χ3n) is 4.13. The second-order valence-electron chi connectivity index (χ2n) is 6.14. The zero-order valence-corrected chi connectivity index (χ0v) is 15.2. The molecule has 0 unspecified atom stereocenters. The number of benzene rings is 1. The number of aromatic amines is 1. The number of thioether (sulfide) groups is 1. The molecule has 7 nitrogen and oxygen atoms in total. The molecule has 4 rings (SSSR count). The summed E-state index contributed by atoms with van der Waals surface area (Å²) in [6, 6.07) is 3.58. The Kier molecular flexibility index (Phi) is 3.96. The summed E-state index contributed by atoms with van der Waals surface area (Å²) in [6.07, 6.45) is 0. The average molecular weight is 382 g/mol. The largest absolute Gasteiger partial charge is 0.454 e. The van der Waals surface area contributed by atoms with E-state index in [-0.39, 0.29) is 35.3 Å². The topological polar surface area (TPSA) is 85.4 Å². The van der Waals surface area contributed by atoms with Crippen molar-refractivity contribution in [2.45, 2.75) is 25.1 Å². The van der Waals surface area contributed by atoms with Crippen LogP contribution >= 0.6 is 23.4 Å². The summed E-state index contributed by atoms with van der Waals surface area (Å²) in [5.41, 5.74) is 1.08. The van der Waals surface area contributed by atoms with E-state index in [1.165, 1.54) is 11.8 Å². The van der Waals surface area contributed by atoms with Crippen molar-refractivity contribution in [2.24, 2.45) is 0 Å². The lowest BCUT2D eigenvalue weighted by Crippen LogP contribution is -2.17. The number of hydrogen-bond acceptors (Lipinski definition) is 5. The van der Waals surface area contributed by atoms with Crippen molar-refractivity contribution in [2.75, 3.05) is 17.9 Å². The SMILES string of the molecule is CC(C)n1[nH]c(=O)c2c1NC(=O)CS[C@H]2c1cc(Cl)c2c(c1)OCO2. The van der Waals surface area contributed by atoms with Crippen molar-refractivity contribution >= 4 is 35.1 Å². The summed E-state index contributed by atoms with van der Waals surface area (Å²) < 4.78 is 12.5. The molecule has 0 spiro atoms. The molecule has 0 saturated carbocycles. The Morgan fingerprint density at radius 1 is 1.32 bits per heavy atom. The van der Waals surface area contributed by atoms with Crippen molar-refractivity contribution in [1.29, 1.82) is 0 Å². The Morgan fingerprint density at radius 2 is 2.12 bits per heavy atom. The van der Waals surface area contributed by atoms with Crippen LogP contribution in [0.2, 0.25) is 5.02 Å². The number of H-pyrrole nitrogens is 1. The molecule has 132 valence electrons. The minimum atomic E-state index is -0.343. The maximum Gasteiger partial charge on any atom is 0.270 e. The number of carbonyl (C=O) groups is 1. The predicted octanol–water partition coefficient (Wildman–Crippen LogP) is 2.91. The number of fused-ring (bicyclic) bond motifs is 2. The van der Waals surface area contributed by atoms with Gasteiger partial charge in [0, 0.05) is 6.04 Å². The number of ether oxygens (including phenoxy) is 2. The number of nitrogens with one attached hydrogen (secondary N) is 2. The molecule has 2 aliphatic rings. The van der Waals surface area contributed by atoms with E-state index < -0.39 is 0 Å². The van der Waals surface area contributed by atoms with Crippen molar-refractivity contribution in [3.8, 4) is 11.5 Å². The quantitative estimate of drug-likeness (QED) is 0.835. The second kappa shape index (κ2) is 6.03. The van der Waals surface area contributed by atoms with Gasteiger partial charge in [-0.25, -0.2) is 0 Å². The third kappa shape index (κ3) is 2.69. The van der Waals surface area contributed by atoms with Crippen LogP contribution in [0.25, 0.3) is 0 Å². The van der Waals surface area contributed by atoms with Crippen molar-refractivity contribution < 1.29 is 14.3 Å². The Bertz CT molecular complexity index is 921. The summed E-state index contributed by atoms with van der Waals surface area (Å²) >= 11 is 7.68. The molecule has 1 aromatic heterocycles. The highest BCUT2D eigenvalue weighted by Crippen LogP contribution is 2.46. The minimum Gasteiger partial charge on any atom is -0.454 e. The molecule has 2 N–H and O–H groups in total. The second-order valence-corrected chi connectivity index (χ2v) is 7.64. The van der Waals surface area contributed by atoms with E-state index in [1.54, 1.807) is 10.7 Å². The maximum atomic E-state index is 12.6. The van der Waals surface area contributed by atoms with Gasteiger partial charge in [-0.05, 0) is 31.5 Å². The van der Waals surface area contributed by atoms with Gasteiger partial charge in [0.1, 0.15) is 5.82 Å². The van der Waals surface area contributed by atoms with E-state index >= 15 is 0 Å². The highest BCUT2D eigenvalue weighted by molar-refractivity contribution is 8.00. The fraction of sp³-hybridized carbons (Fsp3) is 0.375. The molecule has 25 heavy (non-hydrogen) atoms. The monoisotopic (exact) mass is 381 g/mol. The Hall–Kier alpha value is -2.06. The Balaban J connectivity index is 1.89.